The van der Waals surface area contributed by atoms with Crippen molar-refractivity contribution in [3.8, 4) is 0 Å². The lowest BCUT2D eigenvalue weighted by molar-refractivity contribution is 0.683. The molecule has 0 bridgehead atoms. The first-order valence-electron chi connectivity index (χ1n) is 6.63. The highest BCUT2D eigenvalue weighted by Crippen LogP contribution is 2.31. The van der Waals surface area contributed by atoms with Crippen LogP contribution in [0.1, 0.15) is 33.9 Å². The van der Waals surface area contributed by atoms with E-state index in [0.717, 1.165) is 5.56 Å². The van der Waals surface area contributed by atoms with E-state index in [9.17, 15) is 0 Å². The summed E-state index contributed by atoms with van der Waals surface area (Å²) in [4.78, 5) is 0. The summed E-state index contributed by atoms with van der Waals surface area (Å²) in [5.74, 6) is 0. The fourth-order valence-electron chi connectivity index (χ4n) is 2.87. The van der Waals surface area contributed by atoms with E-state index in [2.05, 4.69) is 38.2 Å². The zero-order valence-corrected chi connectivity index (χ0v) is 13.7. The minimum atomic E-state index is 0.0896. The fourth-order valence-corrected chi connectivity index (χ4v) is 3.41. The maximum absolute atomic E-state index is 6.13. The third-order valence-corrected chi connectivity index (χ3v) is 3.97. The second-order valence-electron chi connectivity index (χ2n) is 5.24. The predicted octanol–water partition coefficient (Wildman–Crippen LogP) is 5.23. The van der Waals surface area contributed by atoms with Crippen LogP contribution >= 0.6 is 23.2 Å². The average Bonchev–Trinajstić information content (AvgIpc) is 2.32. The quantitative estimate of drug-likeness (QED) is 0.819. The summed E-state index contributed by atoms with van der Waals surface area (Å²) < 4.78 is 0. The summed E-state index contributed by atoms with van der Waals surface area (Å²) in [6.07, 6.45) is 0. The molecule has 2 aromatic rings. The SMILES string of the molecule is CNC(c1cc(Cl)cc(Cl)c1)c1c(C)cc(C)cc1C. The van der Waals surface area contributed by atoms with E-state index in [-0.39, 0.29) is 6.04 Å². The first-order chi connectivity index (χ1) is 9.42. The lowest BCUT2D eigenvalue weighted by Gasteiger charge is -2.23. The van der Waals surface area contributed by atoms with Crippen molar-refractivity contribution in [3.05, 3.63) is 68.2 Å². The summed E-state index contributed by atoms with van der Waals surface area (Å²) in [6.45, 7) is 6.41. The zero-order valence-electron chi connectivity index (χ0n) is 12.2. The van der Waals surface area contributed by atoms with Gasteiger partial charge in [0.15, 0.2) is 0 Å². The van der Waals surface area contributed by atoms with Gasteiger partial charge in [-0.15, -0.1) is 0 Å². The van der Waals surface area contributed by atoms with Crippen LogP contribution in [0.3, 0.4) is 0 Å². The Labute approximate surface area is 130 Å². The van der Waals surface area contributed by atoms with Gasteiger partial charge in [-0.25, -0.2) is 0 Å². The van der Waals surface area contributed by atoms with Gasteiger partial charge in [-0.1, -0.05) is 40.9 Å². The first kappa shape index (κ1) is 15.4. The highest BCUT2D eigenvalue weighted by molar-refractivity contribution is 6.34. The van der Waals surface area contributed by atoms with Gasteiger partial charge in [0.2, 0.25) is 0 Å². The predicted molar refractivity (Wildman–Crippen MR) is 88.0 cm³/mol. The number of hydrogen-bond acceptors (Lipinski definition) is 1. The third-order valence-electron chi connectivity index (χ3n) is 3.53. The third kappa shape index (κ3) is 3.17. The molecule has 0 aromatic heterocycles. The summed E-state index contributed by atoms with van der Waals surface area (Å²) >= 11 is 12.3. The second-order valence-corrected chi connectivity index (χ2v) is 6.11. The number of aryl methyl sites for hydroxylation is 3. The van der Waals surface area contributed by atoms with Crippen molar-refractivity contribution in [1.29, 1.82) is 0 Å². The van der Waals surface area contributed by atoms with Gasteiger partial charge in [0.25, 0.3) is 0 Å². The minimum Gasteiger partial charge on any atom is -0.309 e. The molecule has 106 valence electrons. The number of rotatable bonds is 3. The average molecular weight is 308 g/mol. The van der Waals surface area contributed by atoms with Crippen molar-refractivity contribution >= 4 is 23.2 Å². The minimum absolute atomic E-state index is 0.0896. The largest absolute Gasteiger partial charge is 0.309 e. The number of halogens is 2. The molecule has 0 amide bonds. The van der Waals surface area contributed by atoms with Crippen LogP contribution in [0.25, 0.3) is 0 Å². The molecule has 1 unspecified atom stereocenters. The van der Waals surface area contributed by atoms with E-state index in [0.29, 0.717) is 10.0 Å². The van der Waals surface area contributed by atoms with Crippen LogP contribution in [0.15, 0.2) is 30.3 Å². The van der Waals surface area contributed by atoms with Gasteiger partial charge < -0.3 is 5.32 Å². The van der Waals surface area contributed by atoms with Gasteiger partial charge in [0, 0.05) is 10.0 Å². The van der Waals surface area contributed by atoms with Crippen LogP contribution in [0.2, 0.25) is 10.0 Å². The standard InChI is InChI=1S/C17H19Cl2N/c1-10-5-11(2)16(12(3)6-10)17(20-4)13-7-14(18)9-15(19)8-13/h5-9,17,20H,1-4H3. The van der Waals surface area contributed by atoms with Crippen LogP contribution in [0, 0.1) is 20.8 Å². The molecule has 1 N–H and O–H groups in total. The summed E-state index contributed by atoms with van der Waals surface area (Å²) in [7, 11) is 1.96. The molecule has 0 aliphatic carbocycles. The van der Waals surface area contributed by atoms with Gasteiger partial charge >= 0.3 is 0 Å². The Morgan fingerprint density at radius 2 is 1.35 bits per heavy atom. The number of hydrogen-bond donors (Lipinski definition) is 1. The maximum Gasteiger partial charge on any atom is 0.0580 e. The van der Waals surface area contributed by atoms with Crippen LogP contribution < -0.4 is 5.32 Å². The van der Waals surface area contributed by atoms with Crippen molar-refractivity contribution in [1.82, 2.24) is 5.32 Å². The summed E-state index contributed by atoms with van der Waals surface area (Å²) in [5, 5.41) is 4.70. The summed E-state index contributed by atoms with van der Waals surface area (Å²) in [5.41, 5.74) is 6.20. The molecule has 1 atom stereocenters. The molecular weight excluding hydrogens is 289 g/mol. The molecule has 20 heavy (non-hydrogen) atoms. The van der Waals surface area contributed by atoms with Crippen LogP contribution in [-0.2, 0) is 0 Å². The van der Waals surface area contributed by atoms with E-state index < -0.39 is 0 Å². The molecule has 0 heterocycles. The Morgan fingerprint density at radius 3 is 1.80 bits per heavy atom. The zero-order chi connectivity index (χ0) is 14.9. The number of nitrogens with one attached hydrogen (secondary N) is 1. The molecule has 0 saturated heterocycles. The monoisotopic (exact) mass is 307 g/mol. The van der Waals surface area contributed by atoms with Gasteiger partial charge in [-0.3, -0.25) is 0 Å². The highest BCUT2D eigenvalue weighted by atomic mass is 35.5. The van der Waals surface area contributed by atoms with E-state index in [1.807, 2.05) is 19.2 Å². The Morgan fingerprint density at radius 1 is 0.850 bits per heavy atom. The topological polar surface area (TPSA) is 12.0 Å². The Kier molecular flexibility index (Phi) is 4.74. The van der Waals surface area contributed by atoms with Gasteiger partial charge in [0.05, 0.1) is 6.04 Å². The van der Waals surface area contributed by atoms with Crippen molar-refractivity contribution in [2.24, 2.45) is 0 Å². The van der Waals surface area contributed by atoms with E-state index in [1.165, 1.54) is 22.3 Å². The molecular formula is C17H19Cl2N. The van der Waals surface area contributed by atoms with Crippen LogP contribution in [0.4, 0.5) is 0 Å². The molecule has 0 aliphatic heterocycles. The maximum atomic E-state index is 6.13. The van der Waals surface area contributed by atoms with E-state index in [4.69, 9.17) is 23.2 Å². The Hall–Kier alpha value is -1.02. The van der Waals surface area contributed by atoms with E-state index >= 15 is 0 Å². The molecule has 0 saturated carbocycles. The van der Waals surface area contributed by atoms with Gasteiger partial charge in [-0.05, 0) is 68.3 Å². The second kappa shape index (κ2) is 6.17. The van der Waals surface area contributed by atoms with E-state index in [1.54, 1.807) is 6.07 Å². The lowest BCUT2D eigenvalue weighted by atomic mass is 9.90. The Balaban J connectivity index is 2.58. The Bertz CT molecular complexity index is 592. The smallest absolute Gasteiger partial charge is 0.0580 e. The molecule has 0 radical (unpaired) electrons. The first-order valence-corrected chi connectivity index (χ1v) is 7.39. The molecule has 0 fully saturated rings. The molecule has 1 nitrogen and oxygen atoms in total. The van der Waals surface area contributed by atoms with Crippen molar-refractivity contribution in [2.45, 2.75) is 26.8 Å². The lowest BCUT2D eigenvalue weighted by Crippen LogP contribution is -2.20. The number of benzene rings is 2. The van der Waals surface area contributed by atoms with Gasteiger partial charge in [0.1, 0.15) is 0 Å². The highest BCUT2D eigenvalue weighted by Gasteiger charge is 2.17. The van der Waals surface area contributed by atoms with Gasteiger partial charge in [-0.2, -0.15) is 0 Å². The molecule has 2 rings (SSSR count). The van der Waals surface area contributed by atoms with Crippen molar-refractivity contribution in [2.75, 3.05) is 7.05 Å². The molecule has 0 spiro atoms. The van der Waals surface area contributed by atoms with Crippen LogP contribution in [-0.4, -0.2) is 7.05 Å². The molecule has 3 heteroatoms. The van der Waals surface area contributed by atoms with Crippen molar-refractivity contribution < 1.29 is 0 Å². The van der Waals surface area contributed by atoms with Crippen LogP contribution in [0.5, 0.6) is 0 Å². The molecule has 0 aliphatic rings. The molecule has 2 aromatic carbocycles. The normalized spacial score (nSPS) is 12.5. The van der Waals surface area contributed by atoms with Crippen molar-refractivity contribution in [3.63, 3.8) is 0 Å². The summed E-state index contributed by atoms with van der Waals surface area (Å²) in [6, 6.07) is 10.2. The fraction of sp³-hybridized carbons (Fsp3) is 0.294.